The summed E-state index contributed by atoms with van der Waals surface area (Å²) in [6.45, 7) is 0. The van der Waals surface area contributed by atoms with Gasteiger partial charge in [-0.25, -0.2) is 4.79 Å². The van der Waals surface area contributed by atoms with Crippen LogP contribution in [0.25, 0.3) is 0 Å². The maximum atomic E-state index is 10.9. The number of carbonyl (C=O) groups is 2. The van der Waals surface area contributed by atoms with E-state index in [1.807, 2.05) is 0 Å². The summed E-state index contributed by atoms with van der Waals surface area (Å²) in [5.41, 5.74) is 0. The van der Waals surface area contributed by atoms with Crippen LogP contribution in [0.1, 0.15) is 25.7 Å². The lowest BCUT2D eigenvalue weighted by atomic mass is 9.79. The van der Waals surface area contributed by atoms with Gasteiger partial charge in [-0.3, -0.25) is 4.79 Å². The third-order valence-corrected chi connectivity index (χ3v) is 2.48. The van der Waals surface area contributed by atoms with Crippen molar-refractivity contribution in [2.24, 2.45) is 11.8 Å². The van der Waals surface area contributed by atoms with Gasteiger partial charge >= 0.3 is 11.9 Å². The van der Waals surface area contributed by atoms with Crippen molar-refractivity contribution in [3.05, 3.63) is 0 Å². The highest BCUT2D eigenvalue weighted by atomic mass is 17.1. The highest BCUT2D eigenvalue weighted by Crippen LogP contribution is 2.30. The molecule has 0 aromatic carbocycles. The molecule has 0 aromatic heterocycles. The summed E-state index contributed by atoms with van der Waals surface area (Å²) in [5, 5.41) is 16.9. The highest BCUT2D eigenvalue weighted by molar-refractivity contribution is 5.80. The van der Waals surface area contributed by atoms with Crippen molar-refractivity contribution in [2.45, 2.75) is 25.7 Å². The quantitative estimate of drug-likeness (QED) is 0.496. The predicted molar refractivity (Wildman–Crippen MR) is 41.8 cm³/mol. The van der Waals surface area contributed by atoms with Gasteiger partial charge in [0.1, 0.15) is 0 Å². The van der Waals surface area contributed by atoms with Gasteiger partial charge in [-0.15, -0.1) is 0 Å². The third kappa shape index (κ3) is 2.18. The monoisotopic (exact) mass is 188 g/mol. The minimum atomic E-state index is -0.991. The molecule has 0 radical (unpaired) electrons. The van der Waals surface area contributed by atoms with Crippen LogP contribution in [0.5, 0.6) is 0 Å². The van der Waals surface area contributed by atoms with Crippen LogP contribution in [0.4, 0.5) is 0 Å². The zero-order valence-corrected chi connectivity index (χ0v) is 7.10. The zero-order chi connectivity index (χ0) is 9.84. The number of carboxylic acid groups (broad SMARTS) is 1. The zero-order valence-electron chi connectivity index (χ0n) is 7.10. The summed E-state index contributed by atoms with van der Waals surface area (Å²) >= 11 is 0. The van der Waals surface area contributed by atoms with E-state index in [0.29, 0.717) is 12.8 Å². The molecule has 1 fully saturated rings. The van der Waals surface area contributed by atoms with Crippen LogP contribution in [0.15, 0.2) is 0 Å². The smallest absolute Gasteiger partial charge is 0.345 e. The van der Waals surface area contributed by atoms with E-state index in [-0.39, 0.29) is 0 Å². The van der Waals surface area contributed by atoms with Gasteiger partial charge in [0.05, 0.1) is 11.8 Å². The Labute approximate surface area is 75.2 Å². The largest absolute Gasteiger partial charge is 0.481 e. The lowest BCUT2D eigenvalue weighted by Gasteiger charge is -2.25. The Morgan fingerprint density at radius 3 is 2.15 bits per heavy atom. The van der Waals surface area contributed by atoms with Crippen molar-refractivity contribution >= 4 is 11.9 Å². The van der Waals surface area contributed by atoms with Crippen LogP contribution in [-0.4, -0.2) is 22.3 Å². The first-order chi connectivity index (χ1) is 6.16. The summed E-state index contributed by atoms with van der Waals surface area (Å²) in [4.78, 5) is 25.2. The van der Waals surface area contributed by atoms with Gasteiger partial charge in [-0.2, -0.15) is 5.26 Å². The van der Waals surface area contributed by atoms with Gasteiger partial charge in [0.15, 0.2) is 0 Å². The van der Waals surface area contributed by atoms with Crippen LogP contribution in [-0.2, 0) is 14.5 Å². The molecule has 0 saturated heterocycles. The van der Waals surface area contributed by atoms with Gasteiger partial charge in [-0.1, -0.05) is 12.8 Å². The maximum absolute atomic E-state index is 10.9. The van der Waals surface area contributed by atoms with Crippen LogP contribution in [0.2, 0.25) is 0 Å². The molecule has 0 bridgehead atoms. The number of carboxylic acids is 1. The fourth-order valence-electron chi connectivity index (χ4n) is 1.78. The first kappa shape index (κ1) is 9.98. The van der Waals surface area contributed by atoms with Crippen molar-refractivity contribution in [1.29, 1.82) is 0 Å². The Morgan fingerprint density at radius 2 is 1.69 bits per heavy atom. The van der Waals surface area contributed by atoms with Gasteiger partial charge in [0.25, 0.3) is 0 Å². The molecule has 1 rings (SSSR count). The van der Waals surface area contributed by atoms with E-state index in [2.05, 4.69) is 4.89 Å². The van der Waals surface area contributed by atoms with Crippen LogP contribution < -0.4 is 0 Å². The van der Waals surface area contributed by atoms with E-state index >= 15 is 0 Å². The molecule has 1 aliphatic carbocycles. The molecular weight excluding hydrogens is 176 g/mol. The molecule has 5 heteroatoms. The lowest BCUT2D eigenvalue weighted by Crippen LogP contribution is -2.33. The second kappa shape index (κ2) is 4.23. The molecule has 0 aromatic rings. The molecule has 74 valence electrons. The summed E-state index contributed by atoms with van der Waals surface area (Å²) in [6, 6.07) is 0. The molecule has 2 atom stereocenters. The van der Waals surface area contributed by atoms with Crippen molar-refractivity contribution < 1.29 is 24.8 Å². The van der Waals surface area contributed by atoms with E-state index in [9.17, 15) is 9.59 Å². The van der Waals surface area contributed by atoms with Crippen molar-refractivity contribution in [3.8, 4) is 0 Å². The van der Waals surface area contributed by atoms with Crippen molar-refractivity contribution in [3.63, 3.8) is 0 Å². The van der Waals surface area contributed by atoms with E-state index in [0.717, 1.165) is 12.8 Å². The second-order valence-electron chi connectivity index (χ2n) is 3.25. The molecular formula is C8H12O5. The van der Waals surface area contributed by atoms with E-state index in [1.165, 1.54) is 0 Å². The normalized spacial score (nSPS) is 28.1. The Morgan fingerprint density at radius 1 is 1.15 bits per heavy atom. The summed E-state index contributed by atoms with van der Waals surface area (Å²) in [7, 11) is 0. The van der Waals surface area contributed by atoms with Gasteiger partial charge in [0, 0.05) is 0 Å². The standard InChI is InChI=1S/C8H12O5/c9-7(10)5-3-1-2-4-6(5)8(11)13-12/h5-6,12H,1-4H2,(H,9,10). The Hall–Kier alpha value is -1.10. The SMILES string of the molecule is O=C(O)C1CCCCC1C(=O)OO. The average Bonchev–Trinajstić information content (AvgIpc) is 2.16. The lowest BCUT2D eigenvalue weighted by molar-refractivity contribution is -0.241. The number of rotatable bonds is 2. The van der Waals surface area contributed by atoms with Crippen molar-refractivity contribution in [1.82, 2.24) is 0 Å². The molecule has 0 spiro atoms. The van der Waals surface area contributed by atoms with Gasteiger partial charge < -0.3 is 9.99 Å². The first-order valence-corrected chi connectivity index (χ1v) is 4.25. The van der Waals surface area contributed by atoms with Gasteiger partial charge in [0.2, 0.25) is 0 Å². The highest BCUT2D eigenvalue weighted by Gasteiger charge is 2.36. The van der Waals surface area contributed by atoms with E-state index in [4.69, 9.17) is 10.4 Å². The minimum absolute atomic E-state index is 0.481. The maximum Gasteiger partial charge on any atom is 0.345 e. The number of aliphatic carboxylic acids is 1. The molecule has 5 nitrogen and oxygen atoms in total. The van der Waals surface area contributed by atoms with Gasteiger partial charge in [-0.05, 0) is 12.8 Å². The molecule has 0 amide bonds. The predicted octanol–water partition coefficient (Wildman–Crippen LogP) is 0.894. The Balaban J connectivity index is 2.67. The molecule has 0 heterocycles. The third-order valence-electron chi connectivity index (χ3n) is 2.48. The molecule has 2 N–H and O–H groups in total. The summed E-state index contributed by atoms with van der Waals surface area (Å²) in [5.74, 6) is -3.20. The van der Waals surface area contributed by atoms with Crippen LogP contribution in [0, 0.1) is 11.8 Å². The summed E-state index contributed by atoms with van der Waals surface area (Å²) in [6.07, 6.45) is 2.58. The molecule has 2 unspecified atom stereocenters. The second-order valence-corrected chi connectivity index (χ2v) is 3.25. The minimum Gasteiger partial charge on any atom is -0.481 e. The number of carbonyl (C=O) groups excluding carboxylic acids is 1. The molecule has 1 aliphatic rings. The van der Waals surface area contributed by atoms with E-state index in [1.54, 1.807) is 0 Å². The fourth-order valence-corrected chi connectivity index (χ4v) is 1.78. The topological polar surface area (TPSA) is 83.8 Å². The molecule has 0 aliphatic heterocycles. The Bertz CT molecular complexity index is 213. The first-order valence-electron chi connectivity index (χ1n) is 4.25. The van der Waals surface area contributed by atoms with Crippen molar-refractivity contribution in [2.75, 3.05) is 0 Å². The molecule has 1 saturated carbocycles. The van der Waals surface area contributed by atoms with E-state index < -0.39 is 23.8 Å². The van der Waals surface area contributed by atoms with Crippen LogP contribution in [0.3, 0.4) is 0 Å². The number of hydrogen-bond acceptors (Lipinski definition) is 4. The molecule has 13 heavy (non-hydrogen) atoms. The fraction of sp³-hybridized carbons (Fsp3) is 0.750. The number of hydrogen-bond donors (Lipinski definition) is 2. The average molecular weight is 188 g/mol. The summed E-state index contributed by atoms with van der Waals surface area (Å²) < 4.78 is 0. The Kier molecular flexibility index (Phi) is 3.25. The van der Waals surface area contributed by atoms with Crippen LogP contribution >= 0.6 is 0 Å².